The molecule has 0 unspecified atom stereocenters. The second-order valence-electron chi connectivity index (χ2n) is 8.43. The van der Waals surface area contributed by atoms with Gasteiger partial charge in [-0.05, 0) is 42.0 Å². The fourth-order valence-corrected chi connectivity index (χ4v) is 4.87. The quantitative estimate of drug-likeness (QED) is 0.643. The average Bonchev–Trinajstić information content (AvgIpc) is 2.85. The van der Waals surface area contributed by atoms with Gasteiger partial charge in [0, 0.05) is 29.2 Å². The first-order valence-corrected chi connectivity index (χ1v) is 11.1. The Bertz CT molecular complexity index is 1210. The summed E-state index contributed by atoms with van der Waals surface area (Å²) in [6, 6.07) is 26.4. The Morgan fingerprint density at radius 2 is 1.48 bits per heavy atom. The Balaban J connectivity index is 1.35. The fourth-order valence-electron chi connectivity index (χ4n) is 4.87. The Hall–Kier alpha value is -3.88. The third-order valence-electron chi connectivity index (χ3n) is 6.48. The topological polar surface area (TPSA) is 60.9 Å². The van der Waals surface area contributed by atoms with E-state index in [1.807, 2.05) is 72.8 Å². The van der Waals surface area contributed by atoms with Gasteiger partial charge in [0.25, 0.3) is 5.91 Å². The Morgan fingerprint density at radius 1 is 0.879 bits per heavy atom. The Morgan fingerprint density at radius 3 is 2.12 bits per heavy atom. The molecule has 0 bridgehead atoms. The number of amides is 2. The lowest BCUT2D eigenvalue weighted by molar-refractivity contribution is -0.159. The maximum atomic E-state index is 12.9. The van der Waals surface area contributed by atoms with E-state index >= 15 is 0 Å². The van der Waals surface area contributed by atoms with E-state index in [0.717, 1.165) is 16.7 Å². The summed E-state index contributed by atoms with van der Waals surface area (Å²) in [6.07, 6.45) is 0. The van der Waals surface area contributed by atoms with Gasteiger partial charge < -0.3 is 14.9 Å². The summed E-state index contributed by atoms with van der Waals surface area (Å²) in [5, 5.41) is 10.00. The van der Waals surface area contributed by atoms with E-state index in [2.05, 4.69) is 11.8 Å². The molecule has 5 heteroatoms. The molecule has 0 spiro atoms. The van der Waals surface area contributed by atoms with Gasteiger partial charge in [0.15, 0.2) is 0 Å². The molecule has 33 heavy (non-hydrogen) atoms. The number of carbonyl (C=O) groups excluding carboxylic acids is 2. The number of carbonyl (C=O) groups is 2. The second kappa shape index (κ2) is 8.93. The molecule has 3 aromatic rings. The van der Waals surface area contributed by atoms with Gasteiger partial charge in [-0.3, -0.25) is 9.59 Å². The molecule has 0 saturated carbocycles. The molecule has 3 aromatic carbocycles. The number of rotatable bonds is 3. The van der Waals surface area contributed by atoms with Gasteiger partial charge in [0.2, 0.25) is 5.91 Å². The Labute approximate surface area is 193 Å². The van der Waals surface area contributed by atoms with Crippen molar-refractivity contribution in [1.82, 2.24) is 9.80 Å². The molecule has 2 amide bonds. The summed E-state index contributed by atoms with van der Waals surface area (Å²) >= 11 is 0. The highest BCUT2D eigenvalue weighted by Gasteiger charge is 2.54. The minimum atomic E-state index is -0.266. The molecule has 5 rings (SSSR count). The lowest BCUT2D eigenvalue weighted by Crippen LogP contribution is -2.73. The third-order valence-corrected chi connectivity index (χ3v) is 6.48. The van der Waals surface area contributed by atoms with Gasteiger partial charge in [-0.1, -0.05) is 60.4 Å². The molecular weight excluding hydrogens is 412 g/mol. The van der Waals surface area contributed by atoms with Crippen molar-refractivity contribution >= 4 is 11.8 Å². The lowest BCUT2D eigenvalue weighted by Gasteiger charge is -2.58. The number of hydrogen-bond donors (Lipinski definition) is 1. The van der Waals surface area contributed by atoms with E-state index in [1.54, 1.807) is 21.9 Å². The van der Waals surface area contributed by atoms with Gasteiger partial charge >= 0.3 is 0 Å². The monoisotopic (exact) mass is 436 g/mol. The van der Waals surface area contributed by atoms with E-state index in [-0.39, 0.29) is 43.0 Å². The maximum Gasteiger partial charge on any atom is 0.254 e. The molecule has 5 nitrogen and oxygen atoms in total. The highest BCUT2D eigenvalue weighted by atomic mass is 16.3. The van der Waals surface area contributed by atoms with Crippen LogP contribution < -0.4 is 0 Å². The molecule has 2 aliphatic rings. The van der Waals surface area contributed by atoms with Crippen LogP contribution in [0.5, 0.6) is 0 Å². The van der Waals surface area contributed by atoms with Gasteiger partial charge in [-0.2, -0.15) is 0 Å². The number of benzene rings is 3. The molecule has 1 N–H and O–H groups in total. The first-order valence-electron chi connectivity index (χ1n) is 11.1. The number of aliphatic hydroxyl groups is 1. The smallest absolute Gasteiger partial charge is 0.254 e. The average molecular weight is 437 g/mol. The zero-order chi connectivity index (χ0) is 22.8. The Kier molecular flexibility index (Phi) is 5.68. The highest BCUT2D eigenvalue weighted by molar-refractivity contribution is 5.97. The van der Waals surface area contributed by atoms with Crippen molar-refractivity contribution in [3.05, 3.63) is 107 Å². The molecule has 2 aliphatic heterocycles. The summed E-state index contributed by atoms with van der Waals surface area (Å²) in [7, 11) is 0. The van der Waals surface area contributed by atoms with Crippen LogP contribution in [-0.2, 0) is 4.79 Å². The van der Waals surface area contributed by atoms with Crippen molar-refractivity contribution in [2.45, 2.75) is 18.0 Å². The summed E-state index contributed by atoms with van der Waals surface area (Å²) in [5.74, 6) is 6.05. The number of piperazine rings is 1. The van der Waals surface area contributed by atoms with Crippen molar-refractivity contribution in [3.63, 3.8) is 0 Å². The molecule has 0 aromatic heterocycles. The largest absolute Gasteiger partial charge is 0.394 e. The molecule has 2 heterocycles. The van der Waals surface area contributed by atoms with Crippen molar-refractivity contribution < 1.29 is 14.7 Å². The summed E-state index contributed by atoms with van der Waals surface area (Å²) < 4.78 is 0. The predicted molar refractivity (Wildman–Crippen MR) is 125 cm³/mol. The SMILES string of the molecule is O=C(c1ccccc1)N1CC(=O)N2[C@@H](CO)[C@H](c3ccc(C#Cc4ccccc4)cc3)[C@@H]2C1. The molecule has 3 atom stereocenters. The van der Waals surface area contributed by atoms with Crippen LogP contribution in [0.15, 0.2) is 84.9 Å². The van der Waals surface area contributed by atoms with Crippen LogP contribution in [0.2, 0.25) is 0 Å². The highest BCUT2D eigenvalue weighted by Crippen LogP contribution is 2.43. The summed E-state index contributed by atoms with van der Waals surface area (Å²) in [5.41, 5.74) is 3.48. The molecular formula is C28H24N2O3. The zero-order valence-corrected chi connectivity index (χ0v) is 18.1. The zero-order valence-electron chi connectivity index (χ0n) is 18.1. The van der Waals surface area contributed by atoms with Crippen molar-refractivity contribution in [2.24, 2.45) is 0 Å². The second-order valence-corrected chi connectivity index (χ2v) is 8.43. The van der Waals surface area contributed by atoms with Crippen LogP contribution in [0.25, 0.3) is 0 Å². The summed E-state index contributed by atoms with van der Waals surface area (Å²) in [6.45, 7) is 0.396. The normalized spacial score (nSPS) is 21.5. The minimum absolute atomic E-state index is 0.0264. The van der Waals surface area contributed by atoms with Crippen LogP contribution >= 0.6 is 0 Å². The maximum absolute atomic E-state index is 12.9. The molecule has 0 aliphatic carbocycles. The standard InChI is InChI=1S/C28H24N2O3/c31-19-25-27(22-15-13-21(14-16-22)12-11-20-7-3-1-4-8-20)24-17-29(18-26(32)30(24)25)28(33)23-9-5-2-6-10-23/h1-10,13-16,24-25,27,31H,17-19H2/t24-,25-,27+/m0/s1. The van der Waals surface area contributed by atoms with Crippen molar-refractivity contribution in [3.8, 4) is 11.8 Å². The van der Waals surface area contributed by atoms with Gasteiger partial charge in [0.05, 0.1) is 18.7 Å². The third kappa shape index (κ3) is 4.02. The number of aliphatic hydroxyl groups excluding tert-OH is 1. The molecule has 0 radical (unpaired) electrons. The van der Waals surface area contributed by atoms with E-state index in [1.165, 1.54) is 0 Å². The van der Waals surface area contributed by atoms with Crippen molar-refractivity contribution in [2.75, 3.05) is 19.7 Å². The lowest BCUT2D eigenvalue weighted by atomic mass is 9.73. The van der Waals surface area contributed by atoms with Crippen LogP contribution in [-0.4, -0.2) is 58.5 Å². The van der Waals surface area contributed by atoms with Crippen LogP contribution in [0.3, 0.4) is 0 Å². The summed E-state index contributed by atoms with van der Waals surface area (Å²) in [4.78, 5) is 29.1. The van der Waals surface area contributed by atoms with Gasteiger partial charge in [0.1, 0.15) is 6.54 Å². The molecule has 2 saturated heterocycles. The number of nitrogens with zero attached hydrogens (tertiary/aromatic N) is 2. The van der Waals surface area contributed by atoms with Gasteiger partial charge in [-0.15, -0.1) is 0 Å². The van der Waals surface area contributed by atoms with Crippen LogP contribution in [0, 0.1) is 11.8 Å². The van der Waals surface area contributed by atoms with Crippen LogP contribution in [0.4, 0.5) is 0 Å². The fraction of sp³-hybridized carbons (Fsp3) is 0.214. The van der Waals surface area contributed by atoms with E-state index < -0.39 is 0 Å². The minimum Gasteiger partial charge on any atom is -0.394 e. The first kappa shape index (κ1) is 21.0. The number of hydrogen-bond acceptors (Lipinski definition) is 3. The van der Waals surface area contributed by atoms with Gasteiger partial charge in [-0.25, -0.2) is 0 Å². The van der Waals surface area contributed by atoms with Crippen LogP contribution in [0.1, 0.15) is 33.0 Å². The number of fused-ring (bicyclic) bond motifs is 1. The molecule has 2 fully saturated rings. The predicted octanol–water partition coefficient (Wildman–Crippen LogP) is 2.90. The van der Waals surface area contributed by atoms with E-state index in [9.17, 15) is 14.7 Å². The first-order chi connectivity index (χ1) is 16.2. The molecule has 164 valence electrons. The van der Waals surface area contributed by atoms with E-state index in [4.69, 9.17) is 0 Å². The van der Waals surface area contributed by atoms with E-state index in [0.29, 0.717) is 12.1 Å². The van der Waals surface area contributed by atoms with Crippen molar-refractivity contribution in [1.29, 1.82) is 0 Å².